The second kappa shape index (κ2) is 9.73. The fourth-order valence-corrected chi connectivity index (χ4v) is 3.21. The predicted molar refractivity (Wildman–Crippen MR) is 99.4 cm³/mol. The number of nitrogens with one attached hydrogen (secondary N) is 1. The molecule has 1 N–H and O–H groups in total. The largest absolute Gasteiger partial charge is 0.418 e. The fourth-order valence-electron chi connectivity index (χ4n) is 2.38. The van der Waals surface area contributed by atoms with Gasteiger partial charge in [-0.25, -0.2) is 8.78 Å². The third-order valence-corrected chi connectivity index (χ3v) is 4.81. The molecule has 0 fully saturated rings. The Morgan fingerprint density at radius 1 is 1.07 bits per heavy atom. The lowest BCUT2D eigenvalue weighted by atomic mass is 10.1. The highest BCUT2D eigenvalue weighted by Gasteiger charge is 2.33. The van der Waals surface area contributed by atoms with E-state index in [1.165, 1.54) is 18.2 Å². The molecular formula is C19H17F5N2O2S. The Hall–Kier alpha value is -2.62. The Morgan fingerprint density at radius 3 is 2.38 bits per heavy atom. The molecule has 0 spiro atoms. The Balaban J connectivity index is 1.97. The minimum atomic E-state index is -4.63. The highest BCUT2D eigenvalue weighted by molar-refractivity contribution is 8.00. The number of likely N-dealkylation sites (N-methyl/N-ethyl adjacent to an activating group) is 1. The standard InChI is InChI=1S/C19H17F5N2O2S/c1-2-26(18(28)11-29-12-7-8-14(20)15(21)9-12)10-17(27)25-16-6-4-3-5-13(16)19(22,23)24/h3-9H,2,10-11H2,1H3,(H,25,27). The van der Waals surface area contributed by atoms with Gasteiger partial charge in [-0.05, 0) is 37.3 Å². The Morgan fingerprint density at radius 2 is 1.76 bits per heavy atom. The topological polar surface area (TPSA) is 49.4 Å². The molecule has 156 valence electrons. The maximum absolute atomic E-state index is 13.2. The van der Waals surface area contributed by atoms with Crippen LogP contribution in [-0.2, 0) is 15.8 Å². The molecule has 0 heterocycles. The molecule has 0 aliphatic carbocycles. The van der Waals surface area contributed by atoms with Crippen LogP contribution in [0.4, 0.5) is 27.6 Å². The molecule has 0 aliphatic heterocycles. The molecule has 0 saturated heterocycles. The van der Waals surface area contributed by atoms with Crippen LogP contribution in [0.25, 0.3) is 0 Å². The molecule has 0 aromatic heterocycles. The zero-order valence-electron chi connectivity index (χ0n) is 15.2. The van der Waals surface area contributed by atoms with Gasteiger partial charge in [-0.15, -0.1) is 11.8 Å². The van der Waals surface area contributed by atoms with Crippen LogP contribution in [0.5, 0.6) is 0 Å². The maximum atomic E-state index is 13.2. The van der Waals surface area contributed by atoms with Crippen LogP contribution in [0.1, 0.15) is 12.5 Å². The second-order valence-electron chi connectivity index (χ2n) is 5.86. The van der Waals surface area contributed by atoms with Crippen LogP contribution < -0.4 is 5.32 Å². The number of para-hydroxylation sites is 1. The van der Waals surface area contributed by atoms with Crippen molar-refractivity contribution in [2.45, 2.75) is 18.0 Å². The zero-order valence-corrected chi connectivity index (χ0v) is 16.0. The van der Waals surface area contributed by atoms with E-state index in [-0.39, 0.29) is 12.3 Å². The lowest BCUT2D eigenvalue weighted by Crippen LogP contribution is -2.39. The molecule has 29 heavy (non-hydrogen) atoms. The number of hydrogen-bond acceptors (Lipinski definition) is 3. The van der Waals surface area contributed by atoms with E-state index in [9.17, 15) is 31.5 Å². The minimum absolute atomic E-state index is 0.144. The van der Waals surface area contributed by atoms with Crippen molar-refractivity contribution in [3.05, 3.63) is 59.7 Å². The molecule has 2 aromatic carbocycles. The number of benzene rings is 2. The van der Waals surface area contributed by atoms with E-state index in [0.29, 0.717) is 4.90 Å². The molecule has 0 saturated carbocycles. The summed E-state index contributed by atoms with van der Waals surface area (Å²) in [6.45, 7) is 1.31. The number of alkyl halides is 3. The molecule has 0 unspecified atom stereocenters. The van der Waals surface area contributed by atoms with Crippen LogP contribution in [-0.4, -0.2) is 35.6 Å². The van der Waals surface area contributed by atoms with Crippen LogP contribution >= 0.6 is 11.8 Å². The van der Waals surface area contributed by atoms with Gasteiger partial charge < -0.3 is 10.2 Å². The number of thioether (sulfide) groups is 1. The molecule has 2 rings (SSSR count). The van der Waals surface area contributed by atoms with E-state index < -0.39 is 47.4 Å². The van der Waals surface area contributed by atoms with E-state index in [1.54, 1.807) is 6.92 Å². The van der Waals surface area contributed by atoms with Crippen molar-refractivity contribution < 1.29 is 31.5 Å². The van der Waals surface area contributed by atoms with Crippen LogP contribution in [0, 0.1) is 11.6 Å². The van der Waals surface area contributed by atoms with Gasteiger partial charge in [0.05, 0.1) is 23.5 Å². The number of nitrogens with zero attached hydrogens (tertiary/aromatic N) is 1. The summed E-state index contributed by atoms with van der Waals surface area (Å²) in [6.07, 6.45) is -4.63. The fraction of sp³-hybridized carbons (Fsp3) is 0.263. The summed E-state index contributed by atoms with van der Waals surface area (Å²) in [5.41, 5.74) is -1.39. The number of hydrogen-bond donors (Lipinski definition) is 1. The Kier molecular flexibility index (Phi) is 7.60. The number of rotatable bonds is 7. The van der Waals surface area contributed by atoms with Gasteiger partial charge in [-0.2, -0.15) is 13.2 Å². The number of amides is 2. The van der Waals surface area contributed by atoms with Crippen molar-refractivity contribution >= 4 is 29.3 Å². The van der Waals surface area contributed by atoms with Crippen LogP contribution in [0.2, 0.25) is 0 Å². The van der Waals surface area contributed by atoms with Crippen LogP contribution in [0.15, 0.2) is 47.4 Å². The lowest BCUT2D eigenvalue weighted by molar-refractivity contribution is -0.137. The molecular weight excluding hydrogens is 415 g/mol. The summed E-state index contributed by atoms with van der Waals surface area (Å²) in [5.74, 6) is -3.45. The Bertz CT molecular complexity index is 889. The minimum Gasteiger partial charge on any atom is -0.333 e. The summed E-state index contributed by atoms with van der Waals surface area (Å²) < 4.78 is 65.1. The van der Waals surface area contributed by atoms with Crippen molar-refractivity contribution in [2.75, 3.05) is 24.2 Å². The van der Waals surface area contributed by atoms with E-state index in [2.05, 4.69) is 5.32 Å². The lowest BCUT2D eigenvalue weighted by Gasteiger charge is -2.21. The van der Waals surface area contributed by atoms with Gasteiger partial charge in [0.15, 0.2) is 11.6 Å². The summed E-state index contributed by atoms with van der Waals surface area (Å²) in [6, 6.07) is 7.72. The summed E-state index contributed by atoms with van der Waals surface area (Å²) >= 11 is 0.954. The van der Waals surface area contributed by atoms with Crippen molar-refractivity contribution in [3.63, 3.8) is 0 Å². The van der Waals surface area contributed by atoms with Gasteiger partial charge in [0.25, 0.3) is 0 Å². The predicted octanol–water partition coefficient (Wildman–Crippen LogP) is 4.56. The van der Waals surface area contributed by atoms with E-state index >= 15 is 0 Å². The molecule has 0 bridgehead atoms. The highest BCUT2D eigenvalue weighted by atomic mass is 32.2. The summed E-state index contributed by atoms with van der Waals surface area (Å²) in [7, 11) is 0. The first-order valence-corrected chi connectivity index (χ1v) is 9.42. The van der Waals surface area contributed by atoms with Gasteiger partial charge in [0, 0.05) is 11.4 Å². The maximum Gasteiger partial charge on any atom is 0.418 e. The SMILES string of the molecule is CCN(CC(=O)Nc1ccccc1C(F)(F)F)C(=O)CSc1ccc(F)c(F)c1. The number of halogens is 5. The van der Waals surface area contributed by atoms with Crippen molar-refractivity contribution in [3.8, 4) is 0 Å². The monoisotopic (exact) mass is 432 g/mol. The summed E-state index contributed by atoms with van der Waals surface area (Å²) in [5, 5.41) is 2.17. The van der Waals surface area contributed by atoms with Gasteiger partial charge in [0.1, 0.15) is 0 Å². The van der Waals surface area contributed by atoms with Crippen molar-refractivity contribution in [1.82, 2.24) is 4.90 Å². The Labute approximate surface area is 168 Å². The smallest absolute Gasteiger partial charge is 0.333 e. The zero-order chi connectivity index (χ0) is 21.6. The van der Waals surface area contributed by atoms with Crippen molar-refractivity contribution in [1.29, 1.82) is 0 Å². The average Bonchev–Trinajstić information content (AvgIpc) is 2.66. The first kappa shape index (κ1) is 22.7. The summed E-state index contributed by atoms with van der Waals surface area (Å²) in [4.78, 5) is 25.9. The third-order valence-electron chi connectivity index (χ3n) is 3.83. The van der Waals surface area contributed by atoms with Crippen molar-refractivity contribution in [2.24, 2.45) is 0 Å². The van der Waals surface area contributed by atoms with E-state index in [1.807, 2.05) is 0 Å². The molecule has 2 amide bonds. The highest BCUT2D eigenvalue weighted by Crippen LogP contribution is 2.34. The third kappa shape index (κ3) is 6.45. The molecule has 0 aliphatic rings. The normalized spacial score (nSPS) is 11.2. The molecule has 4 nitrogen and oxygen atoms in total. The van der Waals surface area contributed by atoms with E-state index in [0.717, 1.165) is 40.9 Å². The first-order valence-electron chi connectivity index (χ1n) is 8.43. The molecule has 2 aromatic rings. The van der Waals surface area contributed by atoms with E-state index in [4.69, 9.17) is 0 Å². The average molecular weight is 432 g/mol. The van der Waals surface area contributed by atoms with Gasteiger partial charge in [0.2, 0.25) is 11.8 Å². The van der Waals surface area contributed by atoms with Gasteiger partial charge in [-0.3, -0.25) is 9.59 Å². The molecule has 0 atom stereocenters. The van der Waals surface area contributed by atoms with Crippen LogP contribution in [0.3, 0.4) is 0 Å². The number of carbonyl (C=O) groups is 2. The number of anilines is 1. The quantitative estimate of drug-likeness (QED) is 0.516. The number of carbonyl (C=O) groups excluding carboxylic acids is 2. The second-order valence-corrected chi connectivity index (χ2v) is 6.91. The molecule has 10 heteroatoms. The molecule has 0 radical (unpaired) electrons. The van der Waals surface area contributed by atoms with Gasteiger partial charge in [-0.1, -0.05) is 12.1 Å². The van der Waals surface area contributed by atoms with Gasteiger partial charge >= 0.3 is 6.18 Å². The first-order chi connectivity index (χ1) is 13.6.